The van der Waals surface area contributed by atoms with Gasteiger partial charge in [-0.05, 0) is 43.0 Å². The second-order valence-corrected chi connectivity index (χ2v) is 8.78. The highest BCUT2D eigenvalue weighted by Gasteiger charge is 2.29. The van der Waals surface area contributed by atoms with Crippen LogP contribution in [0.4, 0.5) is 0 Å². The van der Waals surface area contributed by atoms with Crippen molar-refractivity contribution in [2.45, 2.75) is 46.7 Å². The highest BCUT2D eigenvalue weighted by Crippen LogP contribution is 2.27. The van der Waals surface area contributed by atoms with Crippen LogP contribution in [0.25, 0.3) is 0 Å². The van der Waals surface area contributed by atoms with Crippen molar-refractivity contribution in [1.82, 2.24) is 10.2 Å². The van der Waals surface area contributed by atoms with E-state index >= 15 is 0 Å². The number of benzene rings is 2. The lowest BCUT2D eigenvalue weighted by Crippen LogP contribution is -2.50. The molecule has 0 fully saturated rings. The molecule has 1 N–H and O–H groups in total. The van der Waals surface area contributed by atoms with E-state index in [2.05, 4.69) is 5.32 Å². The Bertz CT molecular complexity index is 885. The first-order valence-corrected chi connectivity index (χ1v) is 11.2. The zero-order valence-corrected chi connectivity index (χ0v) is 20.0. The van der Waals surface area contributed by atoms with Gasteiger partial charge in [0.15, 0.2) is 6.61 Å². The molecule has 2 amide bonds. The summed E-state index contributed by atoms with van der Waals surface area (Å²) in [6.07, 6.45) is 0.489. The fourth-order valence-corrected chi connectivity index (χ4v) is 3.51. The number of nitrogens with zero attached hydrogens (tertiary/aromatic N) is 1. The Morgan fingerprint density at radius 2 is 1.77 bits per heavy atom. The second-order valence-electron chi connectivity index (χ2n) is 7.93. The van der Waals surface area contributed by atoms with Crippen LogP contribution >= 0.6 is 23.2 Å². The summed E-state index contributed by atoms with van der Waals surface area (Å²) in [6.45, 7) is 8.58. The Labute approximate surface area is 194 Å². The summed E-state index contributed by atoms with van der Waals surface area (Å²) in [5, 5.41) is 3.75. The Morgan fingerprint density at radius 1 is 1.10 bits per heavy atom. The molecular formula is C24H30Cl2N2O3. The predicted molar refractivity (Wildman–Crippen MR) is 126 cm³/mol. The van der Waals surface area contributed by atoms with Crippen molar-refractivity contribution in [3.8, 4) is 5.75 Å². The number of nitrogens with one attached hydrogen (secondary N) is 1. The number of amides is 2. The van der Waals surface area contributed by atoms with Gasteiger partial charge in [-0.25, -0.2) is 0 Å². The number of hydrogen-bond acceptors (Lipinski definition) is 3. The molecule has 0 saturated heterocycles. The molecule has 0 aliphatic carbocycles. The zero-order valence-electron chi connectivity index (χ0n) is 18.5. The van der Waals surface area contributed by atoms with Gasteiger partial charge in [-0.1, -0.05) is 73.8 Å². The number of carbonyl (C=O) groups is 2. The van der Waals surface area contributed by atoms with Gasteiger partial charge in [-0.15, -0.1) is 0 Å². The standard InChI is InChI=1S/C24H30Cl2N2O3/c1-5-21(24(30)27-13-16(2)3)28(14-18-8-6-17(4)7-9-18)23(29)15-31-22-11-10-19(25)12-20(22)26/h6-12,16,21H,5,13-15H2,1-4H3,(H,27,30)/t21-/m1/s1. The van der Waals surface area contributed by atoms with Gasteiger partial charge >= 0.3 is 0 Å². The van der Waals surface area contributed by atoms with Crippen molar-refractivity contribution in [2.24, 2.45) is 5.92 Å². The minimum atomic E-state index is -0.600. The molecule has 0 spiro atoms. The summed E-state index contributed by atoms with van der Waals surface area (Å²) in [6, 6.07) is 12.1. The van der Waals surface area contributed by atoms with E-state index in [1.165, 1.54) is 0 Å². The molecule has 0 unspecified atom stereocenters. The summed E-state index contributed by atoms with van der Waals surface area (Å²) >= 11 is 12.1. The maximum absolute atomic E-state index is 13.2. The SMILES string of the molecule is CC[C@H](C(=O)NCC(C)C)N(Cc1ccc(C)cc1)C(=O)COc1ccc(Cl)cc1Cl. The summed E-state index contributed by atoms with van der Waals surface area (Å²) in [5.41, 5.74) is 2.07. The minimum absolute atomic E-state index is 0.166. The minimum Gasteiger partial charge on any atom is -0.482 e. The van der Waals surface area contributed by atoms with Crippen LogP contribution in [0.5, 0.6) is 5.75 Å². The van der Waals surface area contributed by atoms with Crippen molar-refractivity contribution in [1.29, 1.82) is 0 Å². The van der Waals surface area contributed by atoms with Gasteiger partial charge in [-0.2, -0.15) is 0 Å². The van der Waals surface area contributed by atoms with Gasteiger partial charge in [0.2, 0.25) is 5.91 Å². The zero-order chi connectivity index (χ0) is 23.0. The van der Waals surface area contributed by atoms with E-state index in [0.29, 0.717) is 41.2 Å². The topological polar surface area (TPSA) is 58.6 Å². The molecule has 7 heteroatoms. The van der Waals surface area contributed by atoms with E-state index in [1.807, 2.05) is 52.0 Å². The maximum Gasteiger partial charge on any atom is 0.261 e. The highest BCUT2D eigenvalue weighted by atomic mass is 35.5. The molecule has 168 valence electrons. The third kappa shape index (κ3) is 7.75. The molecule has 0 bridgehead atoms. The first-order chi connectivity index (χ1) is 14.7. The van der Waals surface area contributed by atoms with E-state index in [1.54, 1.807) is 23.1 Å². The van der Waals surface area contributed by atoms with Crippen molar-refractivity contribution < 1.29 is 14.3 Å². The van der Waals surface area contributed by atoms with Crippen LogP contribution in [0.15, 0.2) is 42.5 Å². The van der Waals surface area contributed by atoms with Crippen LogP contribution in [0, 0.1) is 12.8 Å². The van der Waals surface area contributed by atoms with Gasteiger partial charge in [0.25, 0.3) is 5.91 Å². The first-order valence-electron chi connectivity index (χ1n) is 10.4. The van der Waals surface area contributed by atoms with Gasteiger partial charge in [0, 0.05) is 18.1 Å². The van der Waals surface area contributed by atoms with Gasteiger partial charge in [-0.3, -0.25) is 9.59 Å². The average molecular weight is 465 g/mol. The van der Waals surface area contributed by atoms with Crippen LogP contribution in [-0.2, 0) is 16.1 Å². The molecule has 0 radical (unpaired) electrons. The molecule has 2 aromatic rings. The van der Waals surface area contributed by atoms with Gasteiger partial charge in [0.1, 0.15) is 11.8 Å². The average Bonchev–Trinajstić information content (AvgIpc) is 2.72. The number of ether oxygens (including phenoxy) is 1. The summed E-state index contributed by atoms with van der Waals surface area (Å²) in [7, 11) is 0. The van der Waals surface area contributed by atoms with Crippen LogP contribution in [-0.4, -0.2) is 35.9 Å². The molecule has 0 aromatic heterocycles. The van der Waals surface area contributed by atoms with Crippen molar-refractivity contribution in [3.05, 3.63) is 63.6 Å². The molecule has 2 aromatic carbocycles. The van der Waals surface area contributed by atoms with Crippen molar-refractivity contribution in [3.63, 3.8) is 0 Å². The third-order valence-electron chi connectivity index (χ3n) is 4.79. The Morgan fingerprint density at radius 3 is 2.35 bits per heavy atom. The molecule has 2 rings (SSSR count). The molecule has 0 saturated carbocycles. The summed E-state index contributed by atoms with van der Waals surface area (Å²) in [5.74, 6) is 0.226. The van der Waals surface area contributed by atoms with Crippen LogP contribution in [0.1, 0.15) is 38.3 Å². The highest BCUT2D eigenvalue weighted by molar-refractivity contribution is 6.35. The normalized spacial score (nSPS) is 11.8. The molecular weight excluding hydrogens is 435 g/mol. The van der Waals surface area contributed by atoms with E-state index in [9.17, 15) is 9.59 Å². The lowest BCUT2D eigenvalue weighted by atomic mass is 10.1. The molecule has 5 nitrogen and oxygen atoms in total. The monoisotopic (exact) mass is 464 g/mol. The fraction of sp³-hybridized carbons (Fsp3) is 0.417. The molecule has 0 aliphatic rings. The van der Waals surface area contributed by atoms with E-state index in [0.717, 1.165) is 11.1 Å². The number of hydrogen-bond donors (Lipinski definition) is 1. The van der Waals surface area contributed by atoms with Crippen LogP contribution in [0.2, 0.25) is 10.0 Å². The Kier molecular flexibility index (Phi) is 9.66. The van der Waals surface area contributed by atoms with E-state index < -0.39 is 6.04 Å². The van der Waals surface area contributed by atoms with Crippen molar-refractivity contribution >= 4 is 35.0 Å². The largest absolute Gasteiger partial charge is 0.482 e. The fourth-order valence-electron chi connectivity index (χ4n) is 3.05. The van der Waals surface area contributed by atoms with Crippen molar-refractivity contribution in [2.75, 3.05) is 13.2 Å². The molecule has 1 atom stereocenters. The Hall–Kier alpha value is -2.24. The maximum atomic E-state index is 13.2. The smallest absolute Gasteiger partial charge is 0.261 e. The summed E-state index contributed by atoms with van der Waals surface area (Å²) < 4.78 is 5.65. The number of rotatable bonds is 10. The lowest BCUT2D eigenvalue weighted by molar-refractivity contribution is -0.143. The molecule has 0 heterocycles. The first kappa shape index (κ1) is 25.0. The quantitative estimate of drug-likeness (QED) is 0.521. The molecule has 31 heavy (non-hydrogen) atoms. The number of carbonyl (C=O) groups excluding carboxylic acids is 2. The van der Waals surface area contributed by atoms with Crippen LogP contribution < -0.4 is 10.1 Å². The van der Waals surface area contributed by atoms with E-state index in [4.69, 9.17) is 27.9 Å². The Balaban J connectivity index is 2.20. The molecule has 0 aliphatic heterocycles. The van der Waals surface area contributed by atoms with Gasteiger partial charge < -0.3 is 15.0 Å². The van der Waals surface area contributed by atoms with Gasteiger partial charge in [0.05, 0.1) is 5.02 Å². The van der Waals surface area contributed by atoms with Crippen LogP contribution in [0.3, 0.4) is 0 Å². The third-order valence-corrected chi connectivity index (χ3v) is 5.32. The summed E-state index contributed by atoms with van der Waals surface area (Å²) in [4.78, 5) is 27.6. The number of halogens is 2. The predicted octanol–water partition coefficient (Wildman–Crippen LogP) is 5.26. The number of aryl methyl sites for hydroxylation is 1. The second kappa shape index (κ2) is 12.0. The van der Waals surface area contributed by atoms with E-state index in [-0.39, 0.29) is 18.4 Å². The lowest BCUT2D eigenvalue weighted by Gasteiger charge is -2.31.